The Bertz CT molecular complexity index is 1130. The van der Waals surface area contributed by atoms with Crippen LogP contribution < -0.4 is 5.73 Å². The number of hydroxylamine groups is 4. The average molecular weight is 729 g/mol. The summed E-state index contributed by atoms with van der Waals surface area (Å²) in [5.41, 5.74) is 6.45. The van der Waals surface area contributed by atoms with Crippen molar-refractivity contribution in [2.45, 2.75) is 219 Å². The molecule has 10 heteroatoms. The van der Waals surface area contributed by atoms with Gasteiger partial charge in [0.1, 0.15) is 5.84 Å². The smallest absolute Gasteiger partial charge is 0.230 e. The molecule has 52 heavy (non-hydrogen) atoms. The van der Waals surface area contributed by atoms with Crippen molar-refractivity contribution in [3.63, 3.8) is 0 Å². The zero-order valence-electron chi connectivity index (χ0n) is 35.0. The van der Waals surface area contributed by atoms with Gasteiger partial charge in [-0.15, -0.1) is 0 Å². The van der Waals surface area contributed by atoms with Crippen molar-refractivity contribution >= 4 is 17.8 Å². The topological polar surface area (TPSA) is 94.5 Å². The van der Waals surface area contributed by atoms with Gasteiger partial charge in [0.25, 0.3) is 0 Å². The molecule has 0 radical (unpaired) electrons. The maximum absolute atomic E-state index is 6.70. The van der Waals surface area contributed by atoms with Gasteiger partial charge in [-0.3, -0.25) is 14.7 Å². The largest absolute Gasteiger partial charge is 0.368 e. The van der Waals surface area contributed by atoms with E-state index in [9.17, 15) is 0 Å². The minimum atomic E-state index is -0.0954. The third kappa shape index (κ3) is 12.9. The second-order valence-corrected chi connectivity index (χ2v) is 17.6. The molecule has 0 aromatic rings. The molecule has 2 heterocycles. The highest BCUT2D eigenvalue weighted by Crippen LogP contribution is 2.35. The van der Waals surface area contributed by atoms with Gasteiger partial charge in [0.2, 0.25) is 11.9 Å². The summed E-state index contributed by atoms with van der Waals surface area (Å²) in [6.45, 7) is 22.8. The Hall–Kier alpha value is -1.75. The van der Waals surface area contributed by atoms with Crippen molar-refractivity contribution in [3.05, 3.63) is 0 Å². The molecule has 0 bridgehead atoms. The first-order chi connectivity index (χ1) is 25.0. The van der Waals surface area contributed by atoms with Crippen molar-refractivity contribution in [1.29, 1.82) is 0 Å². The number of piperidine rings is 2. The van der Waals surface area contributed by atoms with Gasteiger partial charge in [0.15, 0.2) is 0 Å². The van der Waals surface area contributed by atoms with Crippen LogP contribution in [0.4, 0.5) is 0 Å². The van der Waals surface area contributed by atoms with E-state index < -0.39 is 0 Å². The molecule has 2 saturated heterocycles. The van der Waals surface area contributed by atoms with E-state index >= 15 is 0 Å². The Labute approximate surface area is 319 Å². The molecule has 2 atom stereocenters. The summed E-state index contributed by atoms with van der Waals surface area (Å²) in [6.07, 6.45) is 23.9. The Morgan fingerprint density at radius 2 is 1.12 bits per heavy atom. The van der Waals surface area contributed by atoms with Gasteiger partial charge < -0.3 is 15.5 Å². The summed E-state index contributed by atoms with van der Waals surface area (Å²) in [7, 11) is 0. The van der Waals surface area contributed by atoms with Gasteiger partial charge in [-0.05, 0) is 105 Å². The van der Waals surface area contributed by atoms with Gasteiger partial charge in [-0.1, -0.05) is 78.6 Å². The molecular weight excluding hydrogens is 649 g/mol. The van der Waals surface area contributed by atoms with Gasteiger partial charge in [0, 0.05) is 55.9 Å². The molecule has 2 aliphatic carbocycles. The third-order valence-corrected chi connectivity index (χ3v) is 12.1. The van der Waals surface area contributed by atoms with Crippen LogP contribution in [-0.2, 0) is 9.68 Å². The Morgan fingerprint density at radius 1 is 0.654 bits per heavy atom. The van der Waals surface area contributed by atoms with Crippen LogP contribution in [-0.4, -0.2) is 106 Å². The summed E-state index contributed by atoms with van der Waals surface area (Å²) in [4.78, 5) is 33.7. The van der Waals surface area contributed by atoms with E-state index in [0.717, 1.165) is 102 Å². The molecular formula is C42H80N8O2. The number of nitrogens with two attached hydrogens (primary N) is 1. The molecule has 4 fully saturated rings. The Kier molecular flexibility index (Phi) is 17.7. The maximum Gasteiger partial charge on any atom is 0.230 e. The van der Waals surface area contributed by atoms with Crippen molar-refractivity contribution < 1.29 is 9.68 Å². The summed E-state index contributed by atoms with van der Waals surface area (Å²) in [5, 5.41) is 4.63. The quantitative estimate of drug-likeness (QED) is 0.102. The average Bonchev–Trinajstić information content (AvgIpc) is 3.11. The fourth-order valence-corrected chi connectivity index (χ4v) is 8.89. The molecule has 4 aliphatic rings. The molecule has 4 rings (SSSR count). The van der Waals surface area contributed by atoms with Crippen LogP contribution in [0.2, 0.25) is 0 Å². The second-order valence-electron chi connectivity index (χ2n) is 17.6. The number of hydrogen-bond donors (Lipinski definition) is 1. The van der Waals surface area contributed by atoms with Crippen LogP contribution in [0.15, 0.2) is 15.0 Å². The molecule has 0 aromatic heterocycles. The summed E-state index contributed by atoms with van der Waals surface area (Å²) < 4.78 is 0. The zero-order valence-corrected chi connectivity index (χ0v) is 35.0. The molecule has 2 unspecified atom stereocenters. The van der Waals surface area contributed by atoms with Crippen molar-refractivity contribution in [2.24, 2.45) is 20.7 Å². The van der Waals surface area contributed by atoms with E-state index in [0.29, 0.717) is 30.8 Å². The van der Waals surface area contributed by atoms with E-state index in [2.05, 4.69) is 80.3 Å². The highest BCUT2D eigenvalue weighted by Gasteiger charge is 2.42. The number of hydrogen-bond acceptors (Lipinski definition) is 5. The highest BCUT2D eigenvalue weighted by molar-refractivity contribution is 6.00. The number of unbranched alkanes of at least 4 members (excludes halogenated alkanes) is 3. The van der Waals surface area contributed by atoms with E-state index in [4.69, 9.17) is 25.4 Å². The lowest BCUT2D eigenvalue weighted by Crippen LogP contribution is -2.58. The number of nitrogens with zero attached hydrogens (tertiary/aromatic N) is 7. The third-order valence-electron chi connectivity index (χ3n) is 12.1. The minimum absolute atomic E-state index is 0.0508. The fourth-order valence-electron chi connectivity index (χ4n) is 8.89. The first kappa shape index (κ1) is 43.0. The molecule has 0 amide bonds. The van der Waals surface area contributed by atoms with Gasteiger partial charge in [-0.2, -0.15) is 15.1 Å². The van der Waals surface area contributed by atoms with Crippen LogP contribution in [0.25, 0.3) is 0 Å². The standard InChI is InChI=1S/C42H80N8O2/c1-9-12-27-44-39(43)46-40(48(29-14-11-3)36-26-31-50(42(7,8)33-36)52-38-23-19-16-20-24-38)45-34(4)47(28-13-10-2)35-25-30-49(41(5,6)32-35)51-37-21-17-15-18-22-37/h35-38H,9-33H2,1-8H3,(H2,43,44). The van der Waals surface area contributed by atoms with Crippen molar-refractivity contribution in [1.82, 2.24) is 19.9 Å². The predicted molar refractivity (Wildman–Crippen MR) is 219 cm³/mol. The molecule has 300 valence electrons. The molecule has 10 nitrogen and oxygen atoms in total. The summed E-state index contributed by atoms with van der Waals surface area (Å²) in [6, 6.07) is 0.672. The number of amidine groups is 1. The molecule has 2 N–H and O–H groups in total. The first-order valence-corrected chi connectivity index (χ1v) is 21.8. The van der Waals surface area contributed by atoms with E-state index in [1.807, 2.05) is 0 Å². The summed E-state index contributed by atoms with van der Waals surface area (Å²) in [5.74, 6) is 2.10. The molecule has 0 aromatic carbocycles. The lowest BCUT2D eigenvalue weighted by molar-refractivity contribution is -0.265. The van der Waals surface area contributed by atoms with E-state index in [1.165, 1.54) is 64.2 Å². The normalized spacial score (nSPS) is 26.1. The maximum atomic E-state index is 6.70. The van der Waals surface area contributed by atoms with E-state index in [1.54, 1.807) is 0 Å². The fraction of sp³-hybridized carbons (Fsp3) is 0.929. The monoisotopic (exact) mass is 729 g/mol. The van der Waals surface area contributed by atoms with Crippen LogP contribution in [0.5, 0.6) is 0 Å². The van der Waals surface area contributed by atoms with Crippen molar-refractivity contribution in [2.75, 3.05) is 32.7 Å². The lowest BCUT2D eigenvalue weighted by Gasteiger charge is -2.49. The van der Waals surface area contributed by atoms with Crippen LogP contribution in [0.3, 0.4) is 0 Å². The minimum Gasteiger partial charge on any atom is -0.368 e. The Balaban J connectivity index is 1.60. The second kappa shape index (κ2) is 21.4. The predicted octanol–water partition coefficient (Wildman–Crippen LogP) is 9.09. The molecule has 2 aliphatic heterocycles. The van der Waals surface area contributed by atoms with Gasteiger partial charge in [0.05, 0.1) is 12.2 Å². The number of rotatable bonds is 15. The first-order valence-electron chi connectivity index (χ1n) is 21.8. The molecule has 2 saturated carbocycles. The van der Waals surface area contributed by atoms with E-state index in [-0.39, 0.29) is 17.1 Å². The van der Waals surface area contributed by atoms with Gasteiger partial charge in [-0.25, -0.2) is 4.99 Å². The van der Waals surface area contributed by atoms with Crippen LogP contribution in [0.1, 0.15) is 184 Å². The van der Waals surface area contributed by atoms with Crippen molar-refractivity contribution in [3.8, 4) is 0 Å². The highest BCUT2D eigenvalue weighted by atomic mass is 16.7. The zero-order chi connectivity index (χ0) is 37.6. The number of aliphatic imine (C=N–C) groups is 3. The number of guanidine groups is 2. The lowest BCUT2D eigenvalue weighted by atomic mass is 9.87. The van der Waals surface area contributed by atoms with Crippen LogP contribution in [0, 0.1) is 0 Å². The van der Waals surface area contributed by atoms with Crippen LogP contribution >= 0.6 is 0 Å². The molecule has 0 spiro atoms. The summed E-state index contributed by atoms with van der Waals surface area (Å²) >= 11 is 0. The SMILES string of the molecule is CCCCN=C(N)N=C(N=C(C)N(CCCC)C1CCN(OC2CCCCC2)C(C)(C)C1)N(CCCC)C1CCN(OC2CCCCC2)C(C)(C)C1. The van der Waals surface area contributed by atoms with Gasteiger partial charge >= 0.3 is 0 Å². The Morgan fingerprint density at radius 3 is 1.58 bits per heavy atom.